The normalized spacial score (nSPS) is 44.3. The van der Waals surface area contributed by atoms with E-state index in [0.29, 0.717) is 12.8 Å². The van der Waals surface area contributed by atoms with Crippen LogP contribution in [0.2, 0.25) is 0 Å². The topological polar surface area (TPSA) is 74.6 Å². The standard InChI is InChI=1S/2C11H18.C6H10O4/c2*1-11-6-5-8(7-11)9-3-2-4-10(9)11;7-5(8)3-1-2-4-6(9)10/h2*8-10H,2-7H2,1H3;1-4H2,(H,7,8)(H,9,10). The number of unbranched alkanes of at least 4 members (excludes halogenated alkanes) is 1. The predicted octanol–water partition coefficient (Wildman–Crippen LogP) is 7.16. The highest BCUT2D eigenvalue weighted by Crippen LogP contribution is 2.66. The van der Waals surface area contributed by atoms with E-state index >= 15 is 0 Å². The van der Waals surface area contributed by atoms with Crippen LogP contribution in [-0.2, 0) is 9.59 Å². The van der Waals surface area contributed by atoms with Gasteiger partial charge in [0.1, 0.15) is 0 Å². The van der Waals surface area contributed by atoms with Gasteiger partial charge in [-0.2, -0.15) is 0 Å². The van der Waals surface area contributed by atoms with Crippen molar-refractivity contribution in [2.75, 3.05) is 0 Å². The summed E-state index contributed by atoms with van der Waals surface area (Å²) in [5.74, 6) is 5.24. The van der Waals surface area contributed by atoms with Crippen LogP contribution < -0.4 is 0 Å². The molecule has 0 aromatic carbocycles. The average molecular weight is 447 g/mol. The molecule has 6 fully saturated rings. The Morgan fingerprint density at radius 1 is 0.688 bits per heavy atom. The van der Waals surface area contributed by atoms with E-state index in [1.807, 2.05) is 0 Å². The predicted molar refractivity (Wildman–Crippen MR) is 126 cm³/mol. The van der Waals surface area contributed by atoms with Crippen molar-refractivity contribution in [3.63, 3.8) is 0 Å². The molecule has 4 bridgehead atoms. The molecule has 6 aliphatic rings. The fraction of sp³-hybridized carbons (Fsp3) is 0.929. The molecule has 8 unspecified atom stereocenters. The first-order valence-corrected chi connectivity index (χ1v) is 13.7. The van der Waals surface area contributed by atoms with Crippen molar-refractivity contribution in [1.29, 1.82) is 0 Å². The second-order valence-electron chi connectivity index (χ2n) is 12.7. The average Bonchev–Trinajstić information content (AvgIpc) is 3.53. The fourth-order valence-corrected chi connectivity index (χ4v) is 9.43. The number of fused-ring (bicyclic) bond motifs is 10. The largest absolute Gasteiger partial charge is 0.481 e. The lowest BCUT2D eigenvalue weighted by molar-refractivity contribution is -0.139. The molecule has 4 nitrogen and oxygen atoms in total. The van der Waals surface area contributed by atoms with Gasteiger partial charge in [0.25, 0.3) is 0 Å². The van der Waals surface area contributed by atoms with E-state index in [1.165, 1.54) is 11.8 Å². The first-order chi connectivity index (χ1) is 15.2. The van der Waals surface area contributed by atoms with E-state index < -0.39 is 11.9 Å². The summed E-state index contributed by atoms with van der Waals surface area (Å²) in [5, 5.41) is 16.3. The Labute approximate surface area is 194 Å². The van der Waals surface area contributed by atoms with Crippen LogP contribution in [0.5, 0.6) is 0 Å². The first-order valence-electron chi connectivity index (χ1n) is 13.7. The van der Waals surface area contributed by atoms with E-state index in [1.54, 1.807) is 77.0 Å². The molecule has 0 amide bonds. The molecule has 6 saturated carbocycles. The van der Waals surface area contributed by atoms with Crippen LogP contribution in [0, 0.1) is 46.3 Å². The van der Waals surface area contributed by atoms with E-state index in [9.17, 15) is 9.59 Å². The maximum Gasteiger partial charge on any atom is 0.303 e. The molecule has 6 aliphatic carbocycles. The zero-order valence-corrected chi connectivity index (χ0v) is 20.5. The second kappa shape index (κ2) is 9.66. The number of carboxylic acids is 2. The molecule has 0 radical (unpaired) electrons. The molecule has 0 aromatic rings. The van der Waals surface area contributed by atoms with Crippen LogP contribution in [0.4, 0.5) is 0 Å². The molecule has 0 saturated heterocycles. The summed E-state index contributed by atoms with van der Waals surface area (Å²) in [6.07, 6.45) is 19.8. The zero-order chi connectivity index (χ0) is 22.9. The third-order valence-electron chi connectivity index (χ3n) is 10.8. The molecule has 8 atom stereocenters. The molecular formula is C28H46O4. The number of rotatable bonds is 5. The van der Waals surface area contributed by atoms with Crippen LogP contribution in [-0.4, -0.2) is 22.2 Å². The maximum absolute atomic E-state index is 9.90. The number of hydrogen-bond acceptors (Lipinski definition) is 2. The molecule has 0 aliphatic heterocycles. The minimum Gasteiger partial charge on any atom is -0.481 e. The lowest BCUT2D eigenvalue weighted by Gasteiger charge is -2.32. The Hall–Kier alpha value is -1.06. The lowest BCUT2D eigenvalue weighted by Crippen LogP contribution is -2.24. The molecule has 6 rings (SSSR count). The van der Waals surface area contributed by atoms with Gasteiger partial charge < -0.3 is 10.2 Å². The van der Waals surface area contributed by atoms with E-state index in [4.69, 9.17) is 10.2 Å². The summed E-state index contributed by atoms with van der Waals surface area (Å²) < 4.78 is 0. The highest BCUT2D eigenvalue weighted by Gasteiger charge is 2.56. The van der Waals surface area contributed by atoms with Crippen molar-refractivity contribution in [1.82, 2.24) is 0 Å². The highest BCUT2D eigenvalue weighted by atomic mass is 16.4. The highest BCUT2D eigenvalue weighted by molar-refractivity contribution is 5.67. The zero-order valence-electron chi connectivity index (χ0n) is 20.5. The van der Waals surface area contributed by atoms with Crippen LogP contribution >= 0.6 is 0 Å². The van der Waals surface area contributed by atoms with Crippen LogP contribution in [0.15, 0.2) is 0 Å². The van der Waals surface area contributed by atoms with Crippen molar-refractivity contribution >= 4 is 11.9 Å². The van der Waals surface area contributed by atoms with Gasteiger partial charge in [0.15, 0.2) is 0 Å². The quantitative estimate of drug-likeness (QED) is 0.439. The van der Waals surface area contributed by atoms with E-state index in [-0.39, 0.29) is 12.8 Å². The van der Waals surface area contributed by atoms with Crippen LogP contribution in [0.25, 0.3) is 0 Å². The lowest BCUT2D eigenvalue weighted by atomic mass is 9.73. The van der Waals surface area contributed by atoms with Crippen molar-refractivity contribution in [2.24, 2.45) is 46.3 Å². The molecule has 182 valence electrons. The van der Waals surface area contributed by atoms with Gasteiger partial charge in [0.2, 0.25) is 0 Å². The van der Waals surface area contributed by atoms with Gasteiger partial charge in [-0.3, -0.25) is 9.59 Å². The molecule has 0 spiro atoms. The third-order valence-corrected chi connectivity index (χ3v) is 10.8. The van der Waals surface area contributed by atoms with Gasteiger partial charge in [-0.15, -0.1) is 0 Å². The number of aliphatic carboxylic acids is 2. The van der Waals surface area contributed by atoms with Crippen LogP contribution in [0.1, 0.15) is 117 Å². The summed E-state index contributed by atoms with van der Waals surface area (Å²) in [4.78, 5) is 19.8. The molecule has 0 aromatic heterocycles. The first kappa shape index (κ1) is 24.1. The second-order valence-corrected chi connectivity index (χ2v) is 12.7. The van der Waals surface area contributed by atoms with Gasteiger partial charge in [0, 0.05) is 12.8 Å². The molecular weight excluding hydrogens is 400 g/mol. The monoisotopic (exact) mass is 446 g/mol. The SMILES string of the molecule is CC12CCC(C1)C1CCCC12.CC12CCC(C1)C1CCCC12.O=C(O)CCCCC(=O)O. The van der Waals surface area contributed by atoms with Gasteiger partial charge in [-0.25, -0.2) is 0 Å². The van der Waals surface area contributed by atoms with Gasteiger partial charge >= 0.3 is 11.9 Å². The molecule has 4 heteroatoms. The number of hydrogen-bond donors (Lipinski definition) is 2. The fourth-order valence-electron chi connectivity index (χ4n) is 9.43. The van der Waals surface area contributed by atoms with E-state index in [2.05, 4.69) is 13.8 Å². The van der Waals surface area contributed by atoms with Crippen molar-refractivity contribution in [3.05, 3.63) is 0 Å². The van der Waals surface area contributed by atoms with Crippen molar-refractivity contribution in [2.45, 2.75) is 117 Å². The Bertz CT molecular complexity index is 631. The molecule has 0 heterocycles. The Morgan fingerprint density at radius 3 is 1.44 bits per heavy atom. The Morgan fingerprint density at radius 2 is 1.09 bits per heavy atom. The minimum absolute atomic E-state index is 0.0628. The summed E-state index contributed by atoms with van der Waals surface area (Å²) in [6.45, 7) is 5.12. The van der Waals surface area contributed by atoms with Gasteiger partial charge in [0.05, 0.1) is 0 Å². The van der Waals surface area contributed by atoms with Crippen molar-refractivity contribution in [3.8, 4) is 0 Å². The Kier molecular flexibility index (Phi) is 7.27. The molecule has 32 heavy (non-hydrogen) atoms. The summed E-state index contributed by atoms with van der Waals surface area (Å²) in [7, 11) is 0. The van der Waals surface area contributed by atoms with Crippen LogP contribution in [0.3, 0.4) is 0 Å². The van der Waals surface area contributed by atoms with Gasteiger partial charge in [-0.05, 0) is 123 Å². The molecule has 2 N–H and O–H groups in total. The smallest absolute Gasteiger partial charge is 0.303 e. The third kappa shape index (κ3) is 4.89. The van der Waals surface area contributed by atoms with Crippen molar-refractivity contribution < 1.29 is 19.8 Å². The summed E-state index contributed by atoms with van der Waals surface area (Å²) >= 11 is 0. The Balaban J connectivity index is 0.000000115. The minimum atomic E-state index is -0.870. The summed E-state index contributed by atoms with van der Waals surface area (Å²) in [6, 6.07) is 0. The summed E-state index contributed by atoms with van der Waals surface area (Å²) in [5.41, 5.74) is 1.62. The number of carbonyl (C=O) groups is 2. The maximum atomic E-state index is 9.90. The van der Waals surface area contributed by atoms with Gasteiger partial charge in [-0.1, -0.05) is 26.7 Å². The number of carboxylic acid groups (broad SMARTS) is 2. The van der Waals surface area contributed by atoms with E-state index in [0.717, 1.165) is 34.5 Å².